The van der Waals surface area contributed by atoms with Crippen molar-refractivity contribution < 1.29 is 42.8 Å². The summed E-state index contributed by atoms with van der Waals surface area (Å²) in [5, 5.41) is 7.06. The summed E-state index contributed by atoms with van der Waals surface area (Å²) in [4.78, 5) is 15.3. The minimum Gasteiger partial charge on any atom is -0.423 e. The van der Waals surface area contributed by atoms with Gasteiger partial charge in [-0.2, -0.15) is 5.10 Å². The number of likely N-dealkylation sites (tertiary alicyclic amines) is 1. The summed E-state index contributed by atoms with van der Waals surface area (Å²) < 4.78 is 33.7. The molecule has 11 heteroatoms. The van der Waals surface area contributed by atoms with Crippen LogP contribution in [0.1, 0.15) is 54.4 Å². The van der Waals surface area contributed by atoms with Crippen molar-refractivity contribution in [3.05, 3.63) is 45.4 Å². The summed E-state index contributed by atoms with van der Waals surface area (Å²) in [6.07, 6.45) is 11.4. The van der Waals surface area contributed by atoms with Gasteiger partial charge >= 0.3 is 29.6 Å². The van der Waals surface area contributed by atoms with E-state index < -0.39 is 16.2 Å². The van der Waals surface area contributed by atoms with Crippen LogP contribution in [0.15, 0.2) is 18.5 Å². The van der Waals surface area contributed by atoms with Gasteiger partial charge in [-0.15, -0.1) is 0 Å². The molecule has 9 nitrogen and oxygen atoms in total. The van der Waals surface area contributed by atoms with E-state index >= 15 is 0 Å². The maximum Gasteiger partial charge on any atom is 1.00 e. The molecule has 1 saturated heterocycles. The van der Waals surface area contributed by atoms with Crippen LogP contribution in [0.4, 0.5) is 16.2 Å². The van der Waals surface area contributed by atoms with Gasteiger partial charge in [0, 0.05) is 19.3 Å². The first-order valence-corrected chi connectivity index (χ1v) is 13.6. The van der Waals surface area contributed by atoms with Crippen molar-refractivity contribution >= 4 is 27.6 Å². The number of carbonyl (C=O) groups excluding carboxylic acids is 1. The Morgan fingerprint density at radius 2 is 1.74 bits per heavy atom. The van der Waals surface area contributed by atoms with Gasteiger partial charge in [0.25, 0.3) is 10.2 Å². The second-order valence-corrected chi connectivity index (χ2v) is 11.3. The SMILES string of the molecule is CN1CCCC(N(c2cnn(C)c2)S(=O)(=O)[N-]C(=O)Nc2c3c(cc4c2CCC4)CCC3)CC1.[Na+]. The Morgan fingerprint density at radius 3 is 2.37 bits per heavy atom. The monoisotopic (exact) mass is 508 g/mol. The van der Waals surface area contributed by atoms with E-state index in [0.29, 0.717) is 18.5 Å². The number of benzene rings is 1. The maximum atomic E-state index is 13.5. The van der Waals surface area contributed by atoms with Crippen LogP contribution in [0.25, 0.3) is 4.72 Å². The average molecular weight is 509 g/mol. The normalized spacial score (nSPS) is 19.9. The molecule has 1 unspecified atom stereocenters. The molecule has 1 atom stereocenters. The Labute approximate surface area is 230 Å². The quantitative estimate of drug-likeness (QED) is 0.595. The fourth-order valence-corrected chi connectivity index (χ4v) is 7.05. The first kappa shape index (κ1) is 26.5. The molecule has 2 aliphatic carbocycles. The van der Waals surface area contributed by atoms with Crippen LogP contribution in [-0.2, 0) is 42.9 Å². The number of anilines is 2. The second-order valence-electron chi connectivity index (χ2n) is 9.79. The van der Waals surface area contributed by atoms with Gasteiger partial charge in [0.2, 0.25) is 0 Å². The van der Waals surface area contributed by atoms with Crippen LogP contribution in [0.5, 0.6) is 0 Å². The molecule has 35 heavy (non-hydrogen) atoms. The zero-order chi connectivity index (χ0) is 23.9. The van der Waals surface area contributed by atoms with Crippen LogP contribution in [0.2, 0.25) is 0 Å². The van der Waals surface area contributed by atoms with Crippen LogP contribution >= 0.6 is 0 Å². The molecule has 0 saturated carbocycles. The van der Waals surface area contributed by atoms with Crippen LogP contribution in [0, 0.1) is 0 Å². The largest absolute Gasteiger partial charge is 1.00 e. The summed E-state index contributed by atoms with van der Waals surface area (Å²) >= 11 is 0. The second kappa shape index (κ2) is 10.8. The van der Waals surface area contributed by atoms with Crippen molar-refractivity contribution in [3.8, 4) is 0 Å². The number of carbonyl (C=O) groups is 1. The number of hydrogen-bond donors (Lipinski definition) is 1. The molecule has 2 aromatic rings. The molecule has 3 aliphatic rings. The number of nitrogens with zero attached hydrogens (tertiary/aromatic N) is 5. The summed E-state index contributed by atoms with van der Waals surface area (Å²) in [6.45, 7) is 1.70. The molecular weight excluding hydrogens is 475 g/mol. The van der Waals surface area contributed by atoms with E-state index in [0.717, 1.165) is 74.8 Å². The molecule has 5 rings (SSSR count). The Kier molecular flexibility index (Phi) is 8.17. The third-order valence-corrected chi connectivity index (χ3v) is 8.75. The number of rotatable bonds is 5. The minimum atomic E-state index is -4.27. The van der Waals surface area contributed by atoms with Gasteiger partial charge in [-0.1, -0.05) is 6.07 Å². The van der Waals surface area contributed by atoms with Gasteiger partial charge in [-0.3, -0.25) is 13.8 Å². The third kappa shape index (κ3) is 5.56. The summed E-state index contributed by atoms with van der Waals surface area (Å²) in [6, 6.07) is 1.18. The standard InChI is InChI=1S/C24H34N6O3S.Na/c1-28-12-5-8-19(11-13-28)30(20-15-25-29(2)16-20)34(32,33)27-24(31)26-23-21-9-3-6-17(21)14-18-7-4-10-22(18)23;/h14-16,19H,3-13H2,1-2H3,(H2,26,27,31);/q;+1/p-1. The van der Waals surface area contributed by atoms with Gasteiger partial charge in [0.05, 0.1) is 11.9 Å². The summed E-state index contributed by atoms with van der Waals surface area (Å²) in [5.74, 6) is 0. The Hall–Kier alpha value is -1.59. The van der Waals surface area contributed by atoms with Crippen molar-refractivity contribution in [1.29, 1.82) is 0 Å². The van der Waals surface area contributed by atoms with Gasteiger partial charge in [0.1, 0.15) is 0 Å². The Balaban J connectivity index is 0.00000289. The first-order valence-electron chi connectivity index (χ1n) is 12.2. The molecule has 2 heterocycles. The molecule has 1 aromatic carbocycles. The third-order valence-electron chi connectivity index (χ3n) is 7.35. The van der Waals surface area contributed by atoms with Gasteiger partial charge in [-0.25, -0.2) is 8.42 Å². The molecule has 0 bridgehead atoms. The molecule has 2 amide bonds. The molecular formula is C24H33N6NaO3S. The van der Waals surface area contributed by atoms with Crippen molar-refractivity contribution in [2.45, 2.75) is 63.8 Å². The molecule has 0 radical (unpaired) electrons. The van der Waals surface area contributed by atoms with E-state index in [2.05, 4.69) is 26.1 Å². The summed E-state index contributed by atoms with van der Waals surface area (Å²) in [7, 11) is -0.481. The number of amides is 2. The average Bonchev–Trinajstić information content (AvgIpc) is 3.49. The summed E-state index contributed by atoms with van der Waals surface area (Å²) in [5.41, 5.74) is 6.09. The van der Waals surface area contributed by atoms with E-state index in [1.807, 2.05) is 7.05 Å². The van der Waals surface area contributed by atoms with Crippen LogP contribution < -0.4 is 39.2 Å². The number of fused-ring (bicyclic) bond motifs is 2. The molecule has 1 aromatic heterocycles. The van der Waals surface area contributed by atoms with E-state index in [-0.39, 0.29) is 35.6 Å². The fourth-order valence-electron chi connectivity index (χ4n) is 5.76. The van der Waals surface area contributed by atoms with Gasteiger partial charge in [-0.05, 0) is 106 Å². The Bertz CT molecular complexity index is 1170. The number of hydrogen-bond acceptors (Lipinski definition) is 5. The van der Waals surface area contributed by atoms with E-state index in [9.17, 15) is 13.2 Å². The van der Waals surface area contributed by atoms with E-state index in [1.54, 1.807) is 17.9 Å². The van der Waals surface area contributed by atoms with Crippen molar-refractivity contribution in [2.75, 3.05) is 29.8 Å². The fraction of sp³-hybridized carbons (Fsp3) is 0.583. The molecule has 1 fully saturated rings. The maximum absolute atomic E-state index is 13.5. The molecule has 1 N–H and O–H groups in total. The zero-order valence-corrected chi connectivity index (χ0v) is 23.8. The smallest absolute Gasteiger partial charge is 0.423 e. The van der Waals surface area contributed by atoms with Gasteiger partial charge in [0.15, 0.2) is 6.03 Å². The number of aromatic nitrogens is 2. The molecule has 1 aliphatic heterocycles. The topological polar surface area (TPSA) is 102 Å². The predicted octanol–water partition coefficient (Wildman–Crippen LogP) is 0.543. The Morgan fingerprint density at radius 1 is 1.06 bits per heavy atom. The van der Waals surface area contributed by atoms with Gasteiger partial charge < -0.3 is 14.9 Å². The van der Waals surface area contributed by atoms with Crippen LogP contribution in [0.3, 0.4) is 0 Å². The molecule has 0 spiro atoms. The van der Waals surface area contributed by atoms with E-state index in [1.165, 1.54) is 21.6 Å². The molecule has 184 valence electrons. The van der Waals surface area contributed by atoms with Crippen molar-refractivity contribution in [3.63, 3.8) is 0 Å². The zero-order valence-electron chi connectivity index (χ0n) is 21.0. The predicted molar refractivity (Wildman–Crippen MR) is 133 cm³/mol. The number of nitrogens with one attached hydrogen (secondary N) is 1. The van der Waals surface area contributed by atoms with Crippen molar-refractivity contribution in [2.24, 2.45) is 7.05 Å². The van der Waals surface area contributed by atoms with Crippen molar-refractivity contribution in [1.82, 2.24) is 14.7 Å². The number of aryl methyl sites for hydroxylation is 3. The minimum absolute atomic E-state index is 0. The van der Waals surface area contributed by atoms with E-state index in [4.69, 9.17) is 0 Å². The first-order chi connectivity index (χ1) is 16.3. The van der Waals surface area contributed by atoms with Crippen LogP contribution in [-0.4, -0.2) is 55.3 Å². The number of urea groups is 1.